The molecule has 4 rings (SSSR count). The Bertz CT molecular complexity index is 1140. The standard InChI is InChI=1S/C25H22FN3O2/c1-16-3-7-18(8-4-16)15-29-23(19-9-5-17(2)6-10-19)22(25(31)28-29)27-24(30)20-11-13-21(26)14-12-20/h3-15,22-23H,1-2H3,(H-,27,28,30,31)/p+1/b29-15-/t22-,23+/m0/s1. The van der Waals surface area contributed by atoms with Gasteiger partial charge in [-0.2, -0.15) is 0 Å². The maximum Gasteiger partial charge on any atom is 0.304 e. The Hall–Kier alpha value is -3.80. The fraction of sp³-hybridized carbons (Fsp3) is 0.160. The highest BCUT2D eigenvalue weighted by Crippen LogP contribution is 2.26. The lowest BCUT2D eigenvalue weighted by Crippen LogP contribution is -2.42. The third-order valence-corrected chi connectivity index (χ3v) is 5.31. The van der Waals surface area contributed by atoms with E-state index >= 15 is 0 Å². The molecule has 1 aliphatic heterocycles. The number of carbonyl (C=O) groups is 2. The van der Waals surface area contributed by atoms with E-state index in [1.165, 1.54) is 24.3 Å². The van der Waals surface area contributed by atoms with Gasteiger partial charge in [-0.1, -0.05) is 47.5 Å². The first-order chi connectivity index (χ1) is 14.9. The Morgan fingerprint density at radius 1 is 0.935 bits per heavy atom. The van der Waals surface area contributed by atoms with Gasteiger partial charge in [0, 0.05) is 16.7 Å². The van der Waals surface area contributed by atoms with Crippen molar-refractivity contribution in [2.45, 2.75) is 25.9 Å². The van der Waals surface area contributed by atoms with Crippen molar-refractivity contribution in [1.29, 1.82) is 0 Å². The maximum atomic E-state index is 13.2. The highest BCUT2D eigenvalue weighted by Gasteiger charge is 2.47. The Balaban J connectivity index is 1.69. The van der Waals surface area contributed by atoms with Gasteiger partial charge in [-0.05, 0) is 50.2 Å². The third-order valence-electron chi connectivity index (χ3n) is 5.31. The molecule has 3 aromatic rings. The first kappa shape index (κ1) is 20.5. The minimum atomic E-state index is -0.818. The molecular formula is C25H23FN3O2+. The van der Waals surface area contributed by atoms with E-state index in [1.54, 1.807) is 4.68 Å². The van der Waals surface area contributed by atoms with Gasteiger partial charge in [0.25, 0.3) is 5.91 Å². The Kier molecular flexibility index (Phi) is 5.62. The van der Waals surface area contributed by atoms with Crippen molar-refractivity contribution >= 4 is 18.0 Å². The summed E-state index contributed by atoms with van der Waals surface area (Å²) in [6.07, 6.45) is 1.85. The van der Waals surface area contributed by atoms with Gasteiger partial charge in [-0.25, -0.2) is 4.39 Å². The molecule has 1 saturated heterocycles. The Morgan fingerprint density at radius 2 is 1.52 bits per heavy atom. The van der Waals surface area contributed by atoms with E-state index in [0.29, 0.717) is 0 Å². The van der Waals surface area contributed by atoms with Crippen LogP contribution in [0.5, 0.6) is 0 Å². The van der Waals surface area contributed by atoms with Crippen molar-refractivity contribution in [2.75, 3.05) is 0 Å². The first-order valence-electron chi connectivity index (χ1n) is 10.0. The molecule has 0 spiro atoms. The summed E-state index contributed by atoms with van der Waals surface area (Å²) in [5, 5.41) is 2.82. The topological polar surface area (TPSA) is 61.2 Å². The summed E-state index contributed by atoms with van der Waals surface area (Å²) in [7, 11) is 0. The van der Waals surface area contributed by atoms with E-state index in [0.717, 1.165) is 22.3 Å². The van der Waals surface area contributed by atoms with Crippen molar-refractivity contribution < 1.29 is 18.7 Å². The average Bonchev–Trinajstić information content (AvgIpc) is 3.05. The number of hydrogen-bond acceptors (Lipinski definition) is 2. The van der Waals surface area contributed by atoms with Crippen LogP contribution in [0.1, 0.15) is 38.7 Å². The van der Waals surface area contributed by atoms with Crippen LogP contribution in [0.15, 0.2) is 72.8 Å². The molecule has 1 fully saturated rings. The maximum absolute atomic E-state index is 13.2. The normalized spacial score (nSPS) is 19.3. The number of nitrogens with one attached hydrogen (secondary N) is 2. The zero-order valence-corrected chi connectivity index (χ0v) is 17.3. The number of amides is 2. The second-order valence-corrected chi connectivity index (χ2v) is 7.74. The predicted octanol–water partition coefficient (Wildman–Crippen LogP) is 3.46. The molecule has 5 nitrogen and oxygen atoms in total. The number of rotatable bonds is 4. The molecule has 0 aromatic heterocycles. The monoisotopic (exact) mass is 416 g/mol. The molecule has 2 N–H and O–H groups in total. The molecule has 2 amide bonds. The van der Waals surface area contributed by atoms with E-state index in [9.17, 15) is 14.0 Å². The summed E-state index contributed by atoms with van der Waals surface area (Å²) in [4.78, 5) is 25.6. The molecule has 0 unspecified atom stereocenters. The Morgan fingerprint density at radius 3 is 2.13 bits per heavy atom. The van der Waals surface area contributed by atoms with E-state index in [2.05, 4.69) is 10.7 Å². The van der Waals surface area contributed by atoms with Gasteiger partial charge in [-0.15, -0.1) is 10.1 Å². The number of nitrogens with zero attached hydrogens (tertiary/aromatic N) is 1. The van der Waals surface area contributed by atoms with Crippen molar-refractivity contribution in [3.8, 4) is 0 Å². The van der Waals surface area contributed by atoms with Crippen LogP contribution in [-0.4, -0.2) is 28.8 Å². The second-order valence-electron chi connectivity index (χ2n) is 7.74. The SMILES string of the molecule is Cc1ccc(/C=[N+]2\NC(=O)[C@@H](NC(=O)c3ccc(F)cc3)[C@H]2c2ccc(C)cc2)cc1. The summed E-state index contributed by atoms with van der Waals surface area (Å²) in [6, 6.07) is 19.8. The fourth-order valence-corrected chi connectivity index (χ4v) is 3.58. The largest absolute Gasteiger partial charge is 0.334 e. The van der Waals surface area contributed by atoms with Crippen LogP contribution in [0.4, 0.5) is 4.39 Å². The molecule has 1 heterocycles. The van der Waals surface area contributed by atoms with Crippen LogP contribution in [0.3, 0.4) is 0 Å². The molecule has 1 aliphatic rings. The lowest BCUT2D eigenvalue weighted by molar-refractivity contribution is -0.596. The summed E-state index contributed by atoms with van der Waals surface area (Å²) >= 11 is 0. The summed E-state index contributed by atoms with van der Waals surface area (Å²) in [5.41, 5.74) is 7.20. The molecule has 0 aliphatic carbocycles. The lowest BCUT2D eigenvalue weighted by Gasteiger charge is -2.15. The zero-order chi connectivity index (χ0) is 22.0. The van der Waals surface area contributed by atoms with E-state index in [1.807, 2.05) is 68.6 Å². The summed E-state index contributed by atoms with van der Waals surface area (Å²) in [6.45, 7) is 4.00. The van der Waals surface area contributed by atoms with Crippen molar-refractivity contribution in [2.24, 2.45) is 0 Å². The number of benzene rings is 3. The van der Waals surface area contributed by atoms with Gasteiger partial charge in [0.15, 0.2) is 6.04 Å². The first-order valence-corrected chi connectivity index (χ1v) is 10.0. The molecular weight excluding hydrogens is 393 g/mol. The van der Waals surface area contributed by atoms with Gasteiger partial charge in [0.05, 0.1) is 0 Å². The number of hydrogen-bond donors (Lipinski definition) is 2. The quantitative estimate of drug-likeness (QED) is 0.640. The number of aryl methyl sites for hydroxylation is 2. The predicted molar refractivity (Wildman–Crippen MR) is 116 cm³/mol. The van der Waals surface area contributed by atoms with Gasteiger partial charge in [0.1, 0.15) is 5.82 Å². The molecule has 0 radical (unpaired) electrons. The van der Waals surface area contributed by atoms with Gasteiger partial charge < -0.3 is 5.32 Å². The van der Waals surface area contributed by atoms with Crippen molar-refractivity contribution in [1.82, 2.24) is 10.7 Å². The minimum absolute atomic E-state index is 0.290. The molecule has 156 valence electrons. The second kappa shape index (κ2) is 8.52. The third kappa shape index (κ3) is 4.53. The molecule has 0 saturated carbocycles. The summed E-state index contributed by atoms with van der Waals surface area (Å²) in [5.74, 6) is -1.18. The number of hydrazine groups is 1. The van der Waals surface area contributed by atoms with Crippen LogP contribution in [0, 0.1) is 19.7 Å². The molecule has 6 heteroatoms. The molecule has 0 bridgehead atoms. The zero-order valence-electron chi connectivity index (χ0n) is 17.3. The fourth-order valence-electron chi connectivity index (χ4n) is 3.58. The van der Waals surface area contributed by atoms with E-state index in [4.69, 9.17) is 0 Å². The molecule has 31 heavy (non-hydrogen) atoms. The lowest BCUT2D eigenvalue weighted by atomic mass is 9.98. The van der Waals surface area contributed by atoms with Crippen molar-refractivity contribution in [3.63, 3.8) is 0 Å². The van der Waals surface area contributed by atoms with Crippen LogP contribution >= 0.6 is 0 Å². The van der Waals surface area contributed by atoms with Crippen LogP contribution in [0.2, 0.25) is 0 Å². The minimum Gasteiger partial charge on any atom is -0.334 e. The van der Waals surface area contributed by atoms with Gasteiger partial charge in [0.2, 0.25) is 12.3 Å². The van der Waals surface area contributed by atoms with Gasteiger partial charge in [-0.3, -0.25) is 9.59 Å². The van der Waals surface area contributed by atoms with Crippen LogP contribution in [0.25, 0.3) is 0 Å². The van der Waals surface area contributed by atoms with Crippen molar-refractivity contribution in [3.05, 3.63) is 106 Å². The smallest absolute Gasteiger partial charge is 0.304 e. The summed E-state index contributed by atoms with van der Waals surface area (Å²) < 4.78 is 14.9. The van der Waals surface area contributed by atoms with Crippen LogP contribution in [-0.2, 0) is 4.79 Å². The highest BCUT2D eigenvalue weighted by molar-refractivity contribution is 5.98. The Labute approximate surface area is 180 Å². The van der Waals surface area contributed by atoms with Gasteiger partial charge >= 0.3 is 5.91 Å². The van der Waals surface area contributed by atoms with E-state index in [-0.39, 0.29) is 11.5 Å². The van der Waals surface area contributed by atoms with Crippen LogP contribution < -0.4 is 10.7 Å². The number of carbonyl (C=O) groups excluding carboxylic acids is 2. The number of halogens is 1. The molecule has 3 aromatic carbocycles. The van der Waals surface area contributed by atoms with E-state index < -0.39 is 23.8 Å². The highest BCUT2D eigenvalue weighted by atomic mass is 19.1. The average molecular weight is 416 g/mol. The number of hydrazone groups is 1. The molecule has 2 atom stereocenters.